The molecule has 2 aliphatic rings. The van der Waals surface area contributed by atoms with Gasteiger partial charge in [0.1, 0.15) is 6.04 Å². The highest BCUT2D eigenvalue weighted by atomic mass is 16.2. The zero-order valence-electron chi connectivity index (χ0n) is 8.36. The van der Waals surface area contributed by atoms with E-state index in [1.807, 2.05) is 4.90 Å². The summed E-state index contributed by atoms with van der Waals surface area (Å²) < 4.78 is 0. The van der Waals surface area contributed by atoms with Crippen molar-refractivity contribution in [2.45, 2.75) is 44.3 Å². The summed E-state index contributed by atoms with van der Waals surface area (Å²) in [5, 5.41) is 11.7. The molecule has 0 spiro atoms. The number of nitrogens with zero attached hydrogens (tertiary/aromatic N) is 2. The van der Waals surface area contributed by atoms with E-state index < -0.39 is 0 Å². The van der Waals surface area contributed by atoms with Gasteiger partial charge < -0.3 is 10.2 Å². The van der Waals surface area contributed by atoms with Gasteiger partial charge in [-0.15, -0.1) is 0 Å². The SMILES string of the molecule is CC1CNC(CC#N)C(=O)N1C1CC1. The van der Waals surface area contributed by atoms with Crippen LogP contribution in [0.3, 0.4) is 0 Å². The summed E-state index contributed by atoms with van der Waals surface area (Å²) in [6.45, 7) is 2.88. The van der Waals surface area contributed by atoms with Gasteiger partial charge in [0.25, 0.3) is 0 Å². The summed E-state index contributed by atoms with van der Waals surface area (Å²) in [5.74, 6) is 0.118. The fraction of sp³-hybridized carbons (Fsp3) is 0.800. The Hall–Kier alpha value is -1.08. The molecule has 4 nitrogen and oxygen atoms in total. The second-order valence-electron chi connectivity index (χ2n) is 4.15. The molecule has 2 rings (SSSR count). The van der Waals surface area contributed by atoms with E-state index in [0.29, 0.717) is 6.04 Å². The average Bonchev–Trinajstić information content (AvgIpc) is 2.94. The van der Waals surface area contributed by atoms with Gasteiger partial charge in [0.05, 0.1) is 12.5 Å². The first-order valence-corrected chi connectivity index (χ1v) is 5.16. The van der Waals surface area contributed by atoms with Gasteiger partial charge in [-0.05, 0) is 19.8 Å². The molecule has 1 amide bonds. The normalized spacial score (nSPS) is 32.9. The van der Waals surface area contributed by atoms with Crippen molar-refractivity contribution in [2.24, 2.45) is 0 Å². The highest BCUT2D eigenvalue weighted by Crippen LogP contribution is 2.30. The van der Waals surface area contributed by atoms with E-state index in [9.17, 15) is 4.79 Å². The molecule has 0 bridgehead atoms. The molecule has 0 aromatic rings. The molecule has 2 atom stereocenters. The molecule has 1 aliphatic carbocycles. The third-order valence-corrected chi connectivity index (χ3v) is 2.92. The largest absolute Gasteiger partial charge is 0.334 e. The van der Waals surface area contributed by atoms with E-state index in [1.165, 1.54) is 0 Å². The third-order valence-electron chi connectivity index (χ3n) is 2.92. The number of piperazine rings is 1. The van der Waals surface area contributed by atoms with Gasteiger partial charge in [-0.25, -0.2) is 0 Å². The van der Waals surface area contributed by atoms with Crippen LogP contribution in [0.5, 0.6) is 0 Å². The molecule has 0 aromatic carbocycles. The number of hydrogen-bond donors (Lipinski definition) is 1. The predicted octanol–water partition coefficient (Wildman–Crippen LogP) is 0.251. The quantitative estimate of drug-likeness (QED) is 0.684. The topological polar surface area (TPSA) is 56.1 Å². The van der Waals surface area contributed by atoms with E-state index in [2.05, 4.69) is 18.3 Å². The van der Waals surface area contributed by atoms with Crippen LogP contribution >= 0.6 is 0 Å². The summed E-state index contributed by atoms with van der Waals surface area (Å²) in [7, 11) is 0. The van der Waals surface area contributed by atoms with Gasteiger partial charge in [0.2, 0.25) is 5.91 Å². The molecule has 2 fully saturated rings. The van der Waals surface area contributed by atoms with Crippen LogP contribution in [0.15, 0.2) is 0 Å². The molecule has 0 aromatic heterocycles. The maximum atomic E-state index is 11.9. The van der Waals surface area contributed by atoms with Gasteiger partial charge in [0, 0.05) is 18.6 Å². The van der Waals surface area contributed by atoms with Crippen LogP contribution < -0.4 is 5.32 Å². The van der Waals surface area contributed by atoms with Crippen LogP contribution in [0.25, 0.3) is 0 Å². The molecule has 0 radical (unpaired) electrons. The van der Waals surface area contributed by atoms with E-state index in [-0.39, 0.29) is 24.4 Å². The number of carbonyl (C=O) groups is 1. The first-order valence-electron chi connectivity index (χ1n) is 5.16. The molecular formula is C10H15N3O. The first-order chi connectivity index (χ1) is 6.74. The minimum absolute atomic E-state index is 0.118. The number of nitriles is 1. The molecule has 2 unspecified atom stereocenters. The van der Waals surface area contributed by atoms with E-state index in [4.69, 9.17) is 5.26 Å². The highest BCUT2D eigenvalue weighted by molar-refractivity contribution is 5.83. The summed E-state index contributed by atoms with van der Waals surface area (Å²) >= 11 is 0. The van der Waals surface area contributed by atoms with Crippen molar-refractivity contribution in [3.05, 3.63) is 0 Å². The Morgan fingerprint density at radius 1 is 1.64 bits per heavy atom. The molecule has 1 aliphatic heterocycles. The number of carbonyl (C=O) groups excluding carboxylic acids is 1. The molecule has 1 saturated heterocycles. The average molecular weight is 193 g/mol. The molecule has 76 valence electrons. The zero-order valence-corrected chi connectivity index (χ0v) is 8.36. The Morgan fingerprint density at radius 2 is 2.36 bits per heavy atom. The fourth-order valence-corrected chi connectivity index (χ4v) is 2.04. The molecule has 1 saturated carbocycles. The number of amides is 1. The summed E-state index contributed by atoms with van der Waals surface area (Å²) in [6, 6.07) is 2.53. The van der Waals surface area contributed by atoms with Gasteiger partial charge in [-0.3, -0.25) is 4.79 Å². The Kier molecular flexibility index (Phi) is 2.42. The Morgan fingerprint density at radius 3 is 2.93 bits per heavy atom. The number of nitrogens with one attached hydrogen (secondary N) is 1. The van der Waals surface area contributed by atoms with Crippen LogP contribution in [0.2, 0.25) is 0 Å². The monoisotopic (exact) mass is 193 g/mol. The Labute approximate surface area is 83.9 Å². The van der Waals surface area contributed by atoms with Crippen molar-refractivity contribution in [1.29, 1.82) is 5.26 Å². The van der Waals surface area contributed by atoms with Crippen molar-refractivity contribution in [2.75, 3.05) is 6.54 Å². The molecule has 1 N–H and O–H groups in total. The summed E-state index contributed by atoms with van der Waals surface area (Å²) in [4.78, 5) is 13.9. The van der Waals surface area contributed by atoms with E-state index in [1.54, 1.807) is 0 Å². The lowest BCUT2D eigenvalue weighted by Gasteiger charge is -2.37. The van der Waals surface area contributed by atoms with E-state index >= 15 is 0 Å². The predicted molar refractivity (Wildman–Crippen MR) is 51.4 cm³/mol. The van der Waals surface area contributed by atoms with Crippen LogP contribution in [-0.4, -0.2) is 35.5 Å². The van der Waals surface area contributed by atoms with Crippen molar-refractivity contribution >= 4 is 5.91 Å². The van der Waals surface area contributed by atoms with Crippen LogP contribution in [-0.2, 0) is 4.79 Å². The third kappa shape index (κ3) is 1.60. The first kappa shape index (κ1) is 9.47. The van der Waals surface area contributed by atoms with Gasteiger partial charge in [0.15, 0.2) is 0 Å². The van der Waals surface area contributed by atoms with Gasteiger partial charge in [-0.1, -0.05) is 0 Å². The minimum Gasteiger partial charge on any atom is -0.334 e. The summed E-state index contributed by atoms with van der Waals surface area (Å²) in [6.07, 6.45) is 2.56. The lowest BCUT2D eigenvalue weighted by molar-refractivity contribution is -0.138. The van der Waals surface area contributed by atoms with Crippen LogP contribution in [0, 0.1) is 11.3 Å². The summed E-state index contributed by atoms with van der Waals surface area (Å²) in [5.41, 5.74) is 0. The van der Waals surface area contributed by atoms with Crippen molar-refractivity contribution in [3.8, 4) is 6.07 Å². The Balaban J connectivity index is 2.06. The maximum absolute atomic E-state index is 11.9. The molecule has 14 heavy (non-hydrogen) atoms. The fourth-order valence-electron chi connectivity index (χ4n) is 2.04. The standard InChI is InChI=1S/C10H15N3O/c1-7-6-12-9(4-5-11)10(14)13(7)8-2-3-8/h7-9,12H,2-4,6H2,1H3. The van der Waals surface area contributed by atoms with Crippen molar-refractivity contribution in [3.63, 3.8) is 0 Å². The van der Waals surface area contributed by atoms with Crippen LogP contribution in [0.1, 0.15) is 26.2 Å². The second kappa shape index (κ2) is 3.58. The molecule has 4 heteroatoms. The smallest absolute Gasteiger partial charge is 0.241 e. The molecule has 1 heterocycles. The lowest BCUT2D eigenvalue weighted by Crippen LogP contribution is -2.59. The van der Waals surface area contributed by atoms with Gasteiger partial charge in [-0.2, -0.15) is 5.26 Å². The lowest BCUT2D eigenvalue weighted by atomic mass is 10.1. The van der Waals surface area contributed by atoms with Crippen molar-refractivity contribution in [1.82, 2.24) is 10.2 Å². The van der Waals surface area contributed by atoms with Gasteiger partial charge >= 0.3 is 0 Å². The number of hydrogen-bond acceptors (Lipinski definition) is 3. The second-order valence-corrected chi connectivity index (χ2v) is 4.15. The highest BCUT2D eigenvalue weighted by Gasteiger charge is 2.41. The van der Waals surface area contributed by atoms with Crippen LogP contribution in [0.4, 0.5) is 0 Å². The van der Waals surface area contributed by atoms with E-state index in [0.717, 1.165) is 19.4 Å². The maximum Gasteiger partial charge on any atom is 0.241 e. The Bertz CT molecular complexity index is 280. The number of rotatable bonds is 2. The van der Waals surface area contributed by atoms with Crippen molar-refractivity contribution < 1.29 is 4.79 Å². The molecular weight excluding hydrogens is 178 g/mol. The minimum atomic E-state index is -0.267. The zero-order chi connectivity index (χ0) is 10.1.